The molecule has 0 radical (unpaired) electrons. The lowest BCUT2D eigenvalue weighted by Crippen LogP contribution is -2.36. The zero-order valence-electron chi connectivity index (χ0n) is 11.8. The van der Waals surface area contributed by atoms with Gasteiger partial charge in [0, 0.05) is 5.02 Å². The first kappa shape index (κ1) is 14.5. The van der Waals surface area contributed by atoms with Crippen molar-refractivity contribution in [2.75, 3.05) is 12.0 Å². The monoisotopic (exact) mass is 321 g/mol. The van der Waals surface area contributed by atoms with E-state index >= 15 is 0 Å². The first-order chi connectivity index (χ1) is 10.5. The second-order valence-corrected chi connectivity index (χ2v) is 5.45. The number of anilines is 1. The Hall–Kier alpha value is -2.41. The third kappa shape index (κ3) is 1.97. The largest absolute Gasteiger partial charge is 0.464 e. The van der Waals surface area contributed by atoms with Crippen molar-refractivity contribution in [3.63, 3.8) is 0 Å². The number of ether oxygens (including phenoxy) is 1. The number of nitrogens with one attached hydrogen (secondary N) is 1. The second kappa shape index (κ2) is 5.10. The van der Waals surface area contributed by atoms with E-state index in [-0.39, 0.29) is 5.71 Å². The van der Waals surface area contributed by atoms with E-state index in [1.54, 1.807) is 25.1 Å². The summed E-state index contributed by atoms with van der Waals surface area (Å²) in [4.78, 5) is 37.8. The fraction of sp³-hybridized carbons (Fsp3) is 0.286. The van der Waals surface area contributed by atoms with Crippen molar-refractivity contribution in [3.05, 3.63) is 28.8 Å². The summed E-state index contributed by atoms with van der Waals surface area (Å²) in [5.41, 5.74) is 3.58. The van der Waals surface area contributed by atoms with Crippen LogP contribution in [0.15, 0.2) is 23.3 Å². The number of methoxy groups -OCH3 is 1. The van der Waals surface area contributed by atoms with Gasteiger partial charge in [-0.25, -0.2) is 9.69 Å². The van der Waals surface area contributed by atoms with Gasteiger partial charge in [0.25, 0.3) is 5.91 Å². The van der Waals surface area contributed by atoms with Crippen LogP contribution in [0.1, 0.15) is 5.56 Å². The minimum atomic E-state index is -0.974. The molecule has 8 heteroatoms. The van der Waals surface area contributed by atoms with Crippen molar-refractivity contribution < 1.29 is 19.1 Å². The molecule has 0 bridgehead atoms. The highest BCUT2D eigenvalue weighted by Gasteiger charge is 2.55. The van der Waals surface area contributed by atoms with Gasteiger partial charge in [-0.1, -0.05) is 17.7 Å². The number of aryl methyl sites for hydroxylation is 1. The molecule has 1 fully saturated rings. The Morgan fingerprint density at radius 2 is 2.09 bits per heavy atom. The van der Waals surface area contributed by atoms with Crippen LogP contribution in [0.4, 0.5) is 5.69 Å². The van der Waals surface area contributed by atoms with Crippen LogP contribution in [0.3, 0.4) is 0 Å². The van der Waals surface area contributed by atoms with Gasteiger partial charge in [-0.15, -0.1) is 0 Å². The van der Waals surface area contributed by atoms with Crippen molar-refractivity contribution in [1.29, 1.82) is 0 Å². The third-order valence-corrected chi connectivity index (χ3v) is 3.97. The van der Waals surface area contributed by atoms with Crippen molar-refractivity contribution in [2.24, 2.45) is 11.0 Å². The number of hydrogen-bond acceptors (Lipinski definition) is 6. The quantitative estimate of drug-likeness (QED) is 0.638. The molecule has 0 saturated carbocycles. The van der Waals surface area contributed by atoms with Crippen LogP contribution in [-0.2, 0) is 19.1 Å². The van der Waals surface area contributed by atoms with Gasteiger partial charge in [-0.3, -0.25) is 15.0 Å². The first-order valence-corrected chi connectivity index (χ1v) is 6.89. The number of nitrogens with zero attached hydrogens (tertiary/aromatic N) is 2. The molecule has 0 aliphatic carbocycles. The summed E-state index contributed by atoms with van der Waals surface area (Å²) in [6.45, 7) is 1.77. The maximum absolute atomic E-state index is 12.6. The number of hydrazone groups is 1. The fourth-order valence-corrected chi connectivity index (χ4v) is 2.79. The van der Waals surface area contributed by atoms with Crippen LogP contribution in [0.5, 0.6) is 0 Å². The Bertz CT molecular complexity index is 731. The summed E-state index contributed by atoms with van der Waals surface area (Å²) in [7, 11) is 1.19. The van der Waals surface area contributed by atoms with E-state index in [4.69, 9.17) is 11.6 Å². The summed E-state index contributed by atoms with van der Waals surface area (Å²) in [5, 5.41) is 4.17. The van der Waals surface area contributed by atoms with Gasteiger partial charge in [-0.2, -0.15) is 5.10 Å². The molecule has 114 valence electrons. The fourth-order valence-electron chi connectivity index (χ4n) is 2.62. The van der Waals surface area contributed by atoms with Crippen LogP contribution in [0, 0.1) is 12.8 Å². The van der Waals surface area contributed by atoms with Gasteiger partial charge in [0.15, 0.2) is 5.71 Å². The van der Waals surface area contributed by atoms with Gasteiger partial charge < -0.3 is 4.74 Å². The summed E-state index contributed by atoms with van der Waals surface area (Å²) in [6.07, 6.45) is 0. The average Bonchev–Trinajstić information content (AvgIpc) is 3.03. The number of benzene rings is 1. The molecule has 2 aliphatic heterocycles. The maximum atomic E-state index is 12.6. The number of fused-ring (bicyclic) bond motifs is 1. The Balaban J connectivity index is 2.02. The minimum Gasteiger partial charge on any atom is -0.464 e. The lowest BCUT2D eigenvalue weighted by atomic mass is 9.99. The van der Waals surface area contributed by atoms with Gasteiger partial charge >= 0.3 is 5.97 Å². The first-order valence-electron chi connectivity index (χ1n) is 6.51. The van der Waals surface area contributed by atoms with Gasteiger partial charge in [-0.05, 0) is 24.6 Å². The normalized spacial score (nSPS) is 23.2. The molecule has 3 rings (SSSR count). The molecule has 1 N–H and O–H groups in total. The number of esters is 1. The number of halogens is 1. The highest BCUT2D eigenvalue weighted by Crippen LogP contribution is 2.33. The molecule has 22 heavy (non-hydrogen) atoms. The van der Waals surface area contributed by atoms with Crippen LogP contribution in [0.2, 0.25) is 5.02 Å². The van der Waals surface area contributed by atoms with Crippen LogP contribution in [-0.4, -0.2) is 36.6 Å². The highest BCUT2D eigenvalue weighted by molar-refractivity contribution is 6.46. The highest BCUT2D eigenvalue weighted by atomic mass is 35.5. The molecule has 2 aliphatic rings. The zero-order chi connectivity index (χ0) is 16.0. The maximum Gasteiger partial charge on any atom is 0.355 e. The topological polar surface area (TPSA) is 88.1 Å². The number of rotatable bonds is 2. The SMILES string of the molecule is COC(=O)C1=NN[C@@H]2C(=O)N(c3cc(Cl)ccc3C)C(=O)[C@@H]12. The predicted octanol–water partition coefficient (Wildman–Crippen LogP) is 0.639. The van der Waals surface area contributed by atoms with Crippen molar-refractivity contribution in [1.82, 2.24) is 5.43 Å². The Labute approximate surface area is 130 Å². The molecule has 0 aromatic heterocycles. The third-order valence-electron chi connectivity index (χ3n) is 3.73. The van der Waals surface area contributed by atoms with E-state index in [2.05, 4.69) is 15.3 Å². The van der Waals surface area contributed by atoms with Crippen LogP contribution >= 0.6 is 11.6 Å². The van der Waals surface area contributed by atoms with Gasteiger partial charge in [0.2, 0.25) is 5.91 Å². The van der Waals surface area contributed by atoms with E-state index < -0.39 is 29.7 Å². The zero-order valence-corrected chi connectivity index (χ0v) is 12.5. The van der Waals surface area contributed by atoms with Crippen LogP contribution < -0.4 is 10.3 Å². The molecule has 7 nitrogen and oxygen atoms in total. The van der Waals surface area contributed by atoms with E-state index in [1.807, 2.05) is 0 Å². The van der Waals surface area contributed by atoms with Gasteiger partial charge in [0.1, 0.15) is 12.0 Å². The number of imide groups is 1. The standard InChI is InChI=1S/C14H12ClN3O4/c1-6-3-4-7(15)5-8(6)18-12(19)9-10(13(18)20)16-17-11(9)14(21)22-2/h3-5,9-10,16H,1-2H3/t9-,10+/m1/s1. The van der Waals surface area contributed by atoms with Gasteiger partial charge in [0.05, 0.1) is 12.8 Å². The molecule has 2 heterocycles. The number of amides is 2. The van der Waals surface area contributed by atoms with E-state index in [0.717, 1.165) is 10.5 Å². The molecule has 0 spiro atoms. The Morgan fingerprint density at radius 3 is 2.77 bits per heavy atom. The van der Waals surface area contributed by atoms with Crippen molar-refractivity contribution in [2.45, 2.75) is 13.0 Å². The molecule has 2 atom stereocenters. The van der Waals surface area contributed by atoms with Crippen LogP contribution in [0.25, 0.3) is 0 Å². The van der Waals surface area contributed by atoms with Crippen molar-refractivity contribution in [3.8, 4) is 0 Å². The minimum absolute atomic E-state index is 0.0898. The lowest BCUT2D eigenvalue weighted by Gasteiger charge is -2.18. The second-order valence-electron chi connectivity index (χ2n) is 5.02. The number of hydrogen-bond donors (Lipinski definition) is 1. The summed E-state index contributed by atoms with van der Waals surface area (Å²) >= 11 is 5.95. The van der Waals surface area contributed by atoms with E-state index in [9.17, 15) is 14.4 Å². The molecular formula is C14H12ClN3O4. The Kier molecular flexibility index (Phi) is 3.37. The Morgan fingerprint density at radius 1 is 1.36 bits per heavy atom. The summed E-state index contributed by atoms with van der Waals surface area (Å²) in [6, 6.07) is 4.05. The number of carbonyl (C=O) groups is 3. The molecule has 0 unspecified atom stereocenters. The average molecular weight is 322 g/mol. The van der Waals surface area contributed by atoms with Crippen molar-refractivity contribution >= 4 is 40.8 Å². The molecule has 1 aromatic carbocycles. The molecule has 1 aromatic rings. The molecular weight excluding hydrogens is 310 g/mol. The van der Waals surface area contributed by atoms with E-state index in [1.165, 1.54) is 7.11 Å². The smallest absolute Gasteiger partial charge is 0.355 e. The molecule has 1 saturated heterocycles. The predicted molar refractivity (Wildman–Crippen MR) is 78.5 cm³/mol. The lowest BCUT2D eigenvalue weighted by molar-refractivity contribution is -0.133. The number of carbonyl (C=O) groups excluding carboxylic acids is 3. The summed E-state index contributed by atoms with van der Waals surface area (Å²) < 4.78 is 4.60. The van der Waals surface area contributed by atoms with E-state index in [0.29, 0.717) is 10.7 Å². The summed E-state index contributed by atoms with van der Waals surface area (Å²) in [5.74, 6) is -2.69. The molecule has 2 amide bonds.